The minimum absolute atomic E-state index is 0.128. The Morgan fingerprint density at radius 2 is 2.38 bits per heavy atom. The van der Waals surface area contributed by atoms with Crippen molar-refractivity contribution in [2.75, 3.05) is 5.33 Å². The van der Waals surface area contributed by atoms with Crippen LogP contribution >= 0.6 is 15.9 Å². The van der Waals surface area contributed by atoms with Crippen molar-refractivity contribution < 1.29 is 0 Å². The lowest BCUT2D eigenvalue weighted by molar-refractivity contribution is 0.642. The summed E-state index contributed by atoms with van der Waals surface area (Å²) in [5.74, 6) is 0. The molecule has 0 bridgehead atoms. The molecule has 0 fully saturated rings. The Bertz CT molecular complexity index is 475. The molecule has 0 saturated carbocycles. The molecule has 0 aliphatic carbocycles. The topological polar surface area (TPSA) is 52.2 Å². The van der Waals surface area contributed by atoms with E-state index in [4.69, 9.17) is 0 Å². The Morgan fingerprint density at radius 3 is 3.08 bits per heavy atom. The zero-order chi connectivity index (χ0) is 9.26. The minimum Gasteiger partial charge on any atom is -0.259 e. The first kappa shape index (κ1) is 8.43. The predicted molar refractivity (Wildman–Crippen MR) is 51.0 cm³/mol. The number of nitrogens with zero attached hydrogens (tertiary/aromatic N) is 4. The summed E-state index contributed by atoms with van der Waals surface area (Å²) in [6.07, 6.45) is 4.73. The number of aromatic nitrogens is 4. The molecule has 0 saturated heterocycles. The Hall–Kier alpha value is -1.17. The van der Waals surface area contributed by atoms with Crippen molar-refractivity contribution in [3.8, 4) is 0 Å². The maximum atomic E-state index is 11.5. The molecule has 2 aromatic rings. The highest BCUT2D eigenvalue weighted by Crippen LogP contribution is 1.92. The van der Waals surface area contributed by atoms with Crippen LogP contribution in [0.25, 0.3) is 5.65 Å². The van der Waals surface area contributed by atoms with Crippen LogP contribution in [0.1, 0.15) is 0 Å². The number of alkyl halides is 1. The van der Waals surface area contributed by atoms with Crippen LogP contribution in [0.15, 0.2) is 23.4 Å². The molecule has 0 spiro atoms. The van der Waals surface area contributed by atoms with Gasteiger partial charge < -0.3 is 0 Å². The first-order valence-electron chi connectivity index (χ1n) is 3.78. The molecular formula is C7H7BrN4O. The van der Waals surface area contributed by atoms with E-state index in [0.717, 1.165) is 0 Å². The molecule has 13 heavy (non-hydrogen) atoms. The molecule has 0 amide bonds. The number of fused-ring (bicyclic) bond motifs is 1. The minimum atomic E-state index is -0.128. The molecule has 2 heterocycles. The van der Waals surface area contributed by atoms with Crippen molar-refractivity contribution in [2.24, 2.45) is 0 Å². The molecule has 6 heteroatoms. The van der Waals surface area contributed by atoms with Gasteiger partial charge in [0, 0.05) is 17.7 Å². The van der Waals surface area contributed by atoms with Gasteiger partial charge in [-0.25, -0.2) is 13.9 Å². The second-order valence-electron chi connectivity index (χ2n) is 2.50. The zero-order valence-electron chi connectivity index (χ0n) is 6.72. The van der Waals surface area contributed by atoms with Gasteiger partial charge in [0.05, 0.1) is 12.7 Å². The van der Waals surface area contributed by atoms with E-state index in [1.54, 1.807) is 18.6 Å². The van der Waals surface area contributed by atoms with Gasteiger partial charge in [-0.2, -0.15) is 0 Å². The van der Waals surface area contributed by atoms with Crippen LogP contribution in [0.4, 0.5) is 0 Å². The SMILES string of the molecule is O=c1n(CCBr)nc2cnccn12. The molecule has 68 valence electrons. The summed E-state index contributed by atoms with van der Waals surface area (Å²) in [5, 5.41) is 4.79. The van der Waals surface area contributed by atoms with Crippen molar-refractivity contribution in [3.05, 3.63) is 29.1 Å². The molecule has 0 N–H and O–H groups in total. The third-order valence-electron chi connectivity index (χ3n) is 1.69. The molecule has 0 atom stereocenters. The highest BCUT2D eigenvalue weighted by atomic mass is 79.9. The van der Waals surface area contributed by atoms with Gasteiger partial charge in [-0.05, 0) is 0 Å². The average molecular weight is 243 g/mol. The number of rotatable bonds is 2. The van der Waals surface area contributed by atoms with Crippen molar-refractivity contribution >= 4 is 21.6 Å². The average Bonchev–Trinajstić information content (AvgIpc) is 2.46. The van der Waals surface area contributed by atoms with Crippen LogP contribution in [-0.2, 0) is 6.54 Å². The van der Waals surface area contributed by atoms with E-state index in [1.807, 2.05) is 0 Å². The van der Waals surface area contributed by atoms with Crippen molar-refractivity contribution in [1.82, 2.24) is 19.2 Å². The van der Waals surface area contributed by atoms with Crippen LogP contribution in [0.5, 0.6) is 0 Å². The second kappa shape index (κ2) is 3.29. The van der Waals surface area contributed by atoms with Crippen LogP contribution in [0.2, 0.25) is 0 Å². The van der Waals surface area contributed by atoms with E-state index in [2.05, 4.69) is 26.0 Å². The van der Waals surface area contributed by atoms with Crippen molar-refractivity contribution in [2.45, 2.75) is 6.54 Å². The van der Waals surface area contributed by atoms with Gasteiger partial charge in [0.2, 0.25) is 0 Å². The van der Waals surface area contributed by atoms with E-state index in [-0.39, 0.29) is 5.69 Å². The van der Waals surface area contributed by atoms with E-state index < -0.39 is 0 Å². The Kier molecular flexibility index (Phi) is 2.13. The zero-order valence-corrected chi connectivity index (χ0v) is 8.31. The van der Waals surface area contributed by atoms with E-state index in [0.29, 0.717) is 17.5 Å². The summed E-state index contributed by atoms with van der Waals surface area (Å²) < 4.78 is 2.88. The quantitative estimate of drug-likeness (QED) is 0.712. The summed E-state index contributed by atoms with van der Waals surface area (Å²) in [4.78, 5) is 15.4. The van der Waals surface area contributed by atoms with Crippen molar-refractivity contribution in [1.29, 1.82) is 0 Å². The van der Waals surface area contributed by atoms with Gasteiger partial charge in [-0.1, -0.05) is 15.9 Å². The lowest BCUT2D eigenvalue weighted by Crippen LogP contribution is -2.21. The van der Waals surface area contributed by atoms with Gasteiger partial charge in [0.25, 0.3) is 0 Å². The lowest BCUT2D eigenvalue weighted by atomic mass is 10.7. The Balaban J connectivity index is 2.67. The summed E-state index contributed by atoms with van der Waals surface area (Å²) in [5.41, 5.74) is 0.449. The van der Waals surface area contributed by atoms with E-state index >= 15 is 0 Å². The highest BCUT2D eigenvalue weighted by Gasteiger charge is 2.03. The highest BCUT2D eigenvalue weighted by molar-refractivity contribution is 9.09. The predicted octanol–water partition coefficient (Wildman–Crippen LogP) is 0.286. The van der Waals surface area contributed by atoms with Crippen LogP contribution in [-0.4, -0.2) is 24.5 Å². The van der Waals surface area contributed by atoms with Gasteiger partial charge >= 0.3 is 5.69 Å². The number of hydrogen-bond donors (Lipinski definition) is 0. The molecule has 2 rings (SSSR count). The smallest absolute Gasteiger partial charge is 0.259 e. The fraction of sp³-hybridized carbons (Fsp3) is 0.286. The molecule has 0 radical (unpaired) electrons. The maximum Gasteiger partial charge on any atom is 0.350 e. The summed E-state index contributed by atoms with van der Waals surface area (Å²) in [6, 6.07) is 0. The van der Waals surface area contributed by atoms with Gasteiger partial charge in [0.15, 0.2) is 5.65 Å². The summed E-state index contributed by atoms with van der Waals surface area (Å²) in [6.45, 7) is 0.570. The third kappa shape index (κ3) is 1.37. The molecule has 5 nitrogen and oxygen atoms in total. The molecule has 0 aliphatic heterocycles. The largest absolute Gasteiger partial charge is 0.350 e. The molecule has 0 aromatic carbocycles. The fourth-order valence-electron chi connectivity index (χ4n) is 1.11. The van der Waals surface area contributed by atoms with Gasteiger partial charge in [-0.15, -0.1) is 5.10 Å². The van der Waals surface area contributed by atoms with Crippen LogP contribution in [0.3, 0.4) is 0 Å². The van der Waals surface area contributed by atoms with Gasteiger partial charge in [-0.3, -0.25) is 4.98 Å². The molecular weight excluding hydrogens is 236 g/mol. The van der Waals surface area contributed by atoms with E-state index in [1.165, 1.54) is 9.08 Å². The molecule has 0 unspecified atom stereocenters. The number of hydrogen-bond acceptors (Lipinski definition) is 3. The number of aryl methyl sites for hydroxylation is 1. The first-order valence-corrected chi connectivity index (χ1v) is 4.90. The molecule has 2 aromatic heterocycles. The lowest BCUT2D eigenvalue weighted by Gasteiger charge is -1.90. The van der Waals surface area contributed by atoms with Crippen LogP contribution in [0, 0.1) is 0 Å². The standard InChI is InChI=1S/C7H7BrN4O/c8-1-3-12-7(13)11-4-2-9-5-6(11)10-12/h2,4-5H,1,3H2. The second-order valence-corrected chi connectivity index (χ2v) is 3.29. The first-order chi connectivity index (χ1) is 6.33. The van der Waals surface area contributed by atoms with E-state index in [9.17, 15) is 4.79 Å². The summed E-state index contributed by atoms with van der Waals surface area (Å²) >= 11 is 3.25. The fourth-order valence-corrected chi connectivity index (χ4v) is 1.44. The molecule has 0 aliphatic rings. The van der Waals surface area contributed by atoms with Crippen molar-refractivity contribution in [3.63, 3.8) is 0 Å². The Morgan fingerprint density at radius 1 is 1.54 bits per heavy atom. The normalized spacial score (nSPS) is 10.8. The Labute approximate surface area is 82.1 Å². The monoisotopic (exact) mass is 242 g/mol. The maximum absolute atomic E-state index is 11.5. The third-order valence-corrected chi connectivity index (χ3v) is 2.04. The van der Waals surface area contributed by atoms with Gasteiger partial charge in [0.1, 0.15) is 0 Å². The number of halogens is 1. The van der Waals surface area contributed by atoms with Crippen LogP contribution < -0.4 is 5.69 Å². The summed E-state index contributed by atoms with van der Waals surface area (Å²) in [7, 11) is 0.